The van der Waals surface area contributed by atoms with Crippen LogP contribution >= 0.6 is 0 Å². The molecule has 1 saturated heterocycles. The lowest BCUT2D eigenvalue weighted by atomic mass is 10.1. The molecule has 92 valence electrons. The quantitative estimate of drug-likeness (QED) is 0.855. The van der Waals surface area contributed by atoms with E-state index >= 15 is 0 Å². The second-order valence-corrected chi connectivity index (χ2v) is 5.41. The van der Waals surface area contributed by atoms with Gasteiger partial charge in [0, 0.05) is 30.9 Å². The monoisotopic (exact) mass is 230 g/mol. The zero-order chi connectivity index (χ0) is 11.7. The van der Waals surface area contributed by atoms with E-state index < -0.39 is 0 Å². The third kappa shape index (κ3) is 2.63. The Balaban J connectivity index is 1.55. The van der Waals surface area contributed by atoms with Crippen LogP contribution in [0.25, 0.3) is 0 Å². The van der Waals surface area contributed by atoms with Gasteiger partial charge in [0.15, 0.2) is 0 Å². The molecule has 0 radical (unpaired) electrons. The molecule has 2 heteroatoms. The summed E-state index contributed by atoms with van der Waals surface area (Å²) in [6, 6.07) is 10.5. The Kier molecular flexibility index (Phi) is 3.06. The standard InChI is InChI=1S/C15H22N2/c1-2-12-3-5-13(6-4-12)16-14-9-10-17(11-14)15-7-8-15/h3-6,14-16H,2,7-11H2,1H3. The maximum atomic E-state index is 3.66. The Morgan fingerprint density at radius 3 is 2.59 bits per heavy atom. The molecule has 1 atom stereocenters. The summed E-state index contributed by atoms with van der Waals surface area (Å²) in [4.78, 5) is 2.65. The molecule has 2 fully saturated rings. The highest BCUT2D eigenvalue weighted by Gasteiger charge is 2.34. The fraction of sp³-hybridized carbons (Fsp3) is 0.600. The molecule has 0 amide bonds. The van der Waals surface area contributed by atoms with Gasteiger partial charge in [0.05, 0.1) is 0 Å². The van der Waals surface area contributed by atoms with E-state index in [0.29, 0.717) is 6.04 Å². The van der Waals surface area contributed by atoms with Gasteiger partial charge in [-0.05, 0) is 43.4 Å². The fourth-order valence-electron chi connectivity index (χ4n) is 2.75. The first-order valence-electron chi connectivity index (χ1n) is 6.94. The number of rotatable bonds is 4. The van der Waals surface area contributed by atoms with Crippen molar-refractivity contribution >= 4 is 5.69 Å². The SMILES string of the molecule is CCc1ccc(NC2CCN(C3CC3)C2)cc1. The summed E-state index contributed by atoms with van der Waals surface area (Å²) in [6.45, 7) is 4.72. The maximum Gasteiger partial charge on any atom is 0.0400 e. The van der Waals surface area contributed by atoms with Crippen molar-refractivity contribution in [3.05, 3.63) is 29.8 Å². The second-order valence-electron chi connectivity index (χ2n) is 5.41. The van der Waals surface area contributed by atoms with E-state index in [1.165, 1.54) is 43.6 Å². The number of hydrogen-bond acceptors (Lipinski definition) is 2. The van der Waals surface area contributed by atoms with Crippen molar-refractivity contribution in [2.24, 2.45) is 0 Å². The maximum absolute atomic E-state index is 3.66. The number of aryl methyl sites for hydroxylation is 1. The topological polar surface area (TPSA) is 15.3 Å². The summed E-state index contributed by atoms with van der Waals surface area (Å²) in [5, 5.41) is 3.66. The van der Waals surface area contributed by atoms with Crippen molar-refractivity contribution in [3.8, 4) is 0 Å². The first-order valence-corrected chi connectivity index (χ1v) is 6.94. The van der Waals surface area contributed by atoms with E-state index in [-0.39, 0.29) is 0 Å². The summed E-state index contributed by atoms with van der Waals surface area (Å²) in [5.41, 5.74) is 2.70. The van der Waals surface area contributed by atoms with Crippen LogP contribution in [0.3, 0.4) is 0 Å². The van der Waals surface area contributed by atoms with E-state index in [2.05, 4.69) is 41.4 Å². The zero-order valence-electron chi connectivity index (χ0n) is 10.7. The highest BCUT2D eigenvalue weighted by Crippen LogP contribution is 2.30. The average Bonchev–Trinajstić information content (AvgIpc) is 3.12. The number of likely N-dealkylation sites (tertiary alicyclic amines) is 1. The minimum atomic E-state index is 0.656. The van der Waals surface area contributed by atoms with Gasteiger partial charge in [0.1, 0.15) is 0 Å². The van der Waals surface area contributed by atoms with Crippen LogP contribution in [-0.2, 0) is 6.42 Å². The van der Waals surface area contributed by atoms with Crippen LogP contribution in [0.4, 0.5) is 5.69 Å². The molecule has 1 heterocycles. The van der Waals surface area contributed by atoms with E-state index in [4.69, 9.17) is 0 Å². The minimum Gasteiger partial charge on any atom is -0.381 e. The van der Waals surface area contributed by atoms with Crippen LogP contribution in [0.15, 0.2) is 24.3 Å². The van der Waals surface area contributed by atoms with Crippen LogP contribution in [0.2, 0.25) is 0 Å². The second kappa shape index (κ2) is 4.69. The molecule has 1 saturated carbocycles. The van der Waals surface area contributed by atoms with Crippen molar-refractivity contribution in [1.82, 2.24) is 4.90 Å². The van der Waals surface area contributed by atoms with Crippen molar-refractivity contribution in [2.75, 3.05) is 18.4 Å². The molecule has 3 rings (SSSR count). The minimum absolute atomic E-state index is 0.656. The molecule has 1 aliphatic carbocycles. The van der Waals surface area contributed by atoms with Crippen LogP contribution in [0.1, 0.15) is 31.7 Å². The van der Waals surface area contributed by atoms with Crippen LogP contribution in [0, 0.1) is 0 Å². The third-order valence-electron chi connectivity index (χ3n) is 4.02. The molecule has 1 N–H and O–H groups in total. The highest BCUT2D eigenvalue weighted by atomic mass is 15.2. The molecule has 1 aromatic carbocycles. The smallest absolute Gasteiger partial charge is 0.0400 e. The summed E-state index contributed by atoms with van der Waals surface area (Å²) >= 11 is 0. The molecular formula is C15H22N2. The molecule has 1 aliphatic heterocycles. The van der Waals surface area contributed by atoms with Crippen molar-refractivity contribution in [3.63, 3.8) is 0 Å². The van der Waals surface area contributed by atoms with Gasteiger partial charge in [0.25, 0.3) is 0 Å². The Hall–Kier alpha value is -1.02. The largest absolute Gasteiger partial charge is 0.381 e. The van der Waals surface area contributed by atoms with Gasteiger partial charge in [-0.25, -0.2) is 0 Å². The van der Waals surface area contributed by atoms with Crippen LogP contribution in [0.5, 0.6) is 0 Å². The molecule has 0 bridgehead atoms. The van der Waals surface area contributed by atoms with Crippen molar-refractivity contribution in [2.45, 2.75) is 44.7 Å². The Morgan fingerprint density at radius 2 is 1.94 bits per heavy atom. The Bertz CT molecular complexity index is 367. The summed E-state index contributed by atoms with van der Waals surface area (Å²) in [5.74, 6) is 0. The lowest BCUT2D eigenvalue weighted by molar-refractivity contribution is 0.326. The highest BCUT2D eigenvalue weighted by molar-refractivity contribution is 5.45. The van der Waals surface area contributed by atoms with Gasteiger partial charge in [-0.1, -0.05) is 19.1 Å². The first-order chi connectivity index (χ1) is 8.35. The number of anilines is 1. The molecular weight excluding hydrogens is 208 g/mol. The van der Waals surface area contributed by atoms with Gasteiger partial charge in [-0.2, -0.15) is 0 Å². The first kappa shape index (κ1) is 11.1. The van der Waals surface area contributed by atoms with E-state index in [1.807, 2.05) is 0 Å². The van der Waals surface area contributed by atoms with Gasteiger partial charge in [-0.3, -0.25) is 4.90 Å². The van der Waals surface area contributed by atoms with E-state index in [9.17, 15) is 0 Å². The number of hydrogen-bond donors (Lipinski definition) is 1. The molecule has 0 aromatic heterocycles. The van der Waals surface area contributed by atoms with Gasteiger partial charge < -0.3 is 5.32 Å². The van der Waals surface area contributed by atoms with Gasteiger partial charge >= 0.3 is 0 Å². The zero-order valence-corrected chi connectivity index (χ0v) is 10.7. The van der Waals surface area contributed by atoms with Crippen LogP contribution < -0.4 is 5.32 Å². The lowest BCUT2D eigenvalue weighted by Gasteiger charge is -2.16. The Morgan fingerprint density at radius 1 is 1.18 bits per heavy atom. The van der Waals surface area contributed by atoms with Crippen molar-refractivity contribution in [1.29, 1.82) is 0 Å². The Labute approximate surface area is 104 Å². The summed E-state index contributed by atoms with van der Waals surface area (Å²) in [6.07, 6.45) is 5.28. The predicted octanol–water partition coefficient (Wildman–Crippen LogP) is 2.90. The normalized spacial score (nSPS) is 25.1. The molecule has 1 unspecified atom stereocenters. The van der Waals surface area contributed by atoms with E-state index in [0.717, 1.165) is 12.5 Å². The predicted molar refractivity (Wildman–Crippen MR) is 72.4 cm³/mol. The number of nitrogens with zero attached hydrogens (tertiary/aromatic N) is 1. The van der Waals surface area contributed by atoms with Gasteiger partial charge in [0.2, 0.25) is 0 Å². The van der Waals surface area contributed by atoms with E-state index in [1.54, 1.807) is 0 Å². The number of benzene rings is 1. The summed E-state index contributed by atoms with van der Waals surface area (Å²) < 4.78 is 0. The molecule has 0 spiro atoms. The average molecular weight is 230 g/mol. The third-order valence-corrected chi connectivity index (χ3v) is 4.02. The summed E-state index contributed by atoms with van der Waals surface area (Å²) in [7, 11) is 0. The van der Waals surface area contributed by atoms with Crippen LogP contribution in [-0.4, -0.2) is 30.1 Å². The van der Waals surface area contributed by atoms with Crippen molar-refractivity contribution < 1.29 is 0 Å². The fourth-order valence-corrected chi connectivity index (χ4v) is 2.75. The lowest BCUT2D eigenvalue weighted by Crippen LogP contribution is -2.27. The molecule has 17 heavy (non-hydrogen) atoms. The van der Waals surface area contributed by atoms with Gasteiger partial charge in [-0.15, -0.1) is 0 Å². The number of nitrogens with one attached hydrogen (secondary N) is 1. The molecule has 1 aromatic rings. The molecule has 2 nitrogen and oxygen atoms in total. The molecule has 2 aliphatic rings.